The molecule has 28 heavy (non-hydrogen) atoms. The summed E-state index contributed by atoms with van der Waals surface area (Å²) >= 11 is 2.10. The van der Waals surface area contributed by atoms with Crippen molar-refractivity contribution < 1.29 is 9.59 Å². The number of hydrogen-bond donors (Lipinski definition) is 2. The van der Waals surface area contributed by atoms with Crippen molar-refractivity contribution in [2.45, 2.75) is 6.92 Å². The van der Waals surface area contributed by atoms with E-state index in [0.717, 1.165) is 14.7 Å². The van der Waals surface area contributed by atoms with E-state index in [9.17, 15) is 9.59 Å². The zero-order valence-electron chi connectivity index (χ0n) is 15.3. The summed E-state index contributed by atoms with van der Waals surface area (Å²) in [4.78, 5) is 25.6. The van der Waals surface area contributed by atoms with E-state index >= 15 is 0 Å². The first kappa shape index (κ1) is 19.8. The van der Waals surface area contributed by atoms with Crippen molar-refractivity contribution in [3.05, 3.63) is 105 Å². The predicted molar refractivity (Wildman–Crippen MR) is 121 cm³/mol. The van der Waals surface area contributed by atoms with Gasteiger partial charge in [-0.15, -0.1) is 0 Å². The zero-order chi connectivity index (χ0) is 19.9. The lowest BCUT2D eigenvalue weighted by molar-refractivity contribution is -0.113. The van der Waals surface area contributed by atoms with Crippen LogP contribution in [0.25, 0.3) is 6.08 Å². The van der Waals surface area contributed by atoms with Crippen LogP contribution in [0.15, 0.2) is 84.6 Å². The summed E-state index contributed by atoms with van der Waals surface area (Å²) in [6.07, 6.45) is 1.67. The van der Waals surface area contributed by atoms with Gasteiger partial charge in [0, 0.05) is 9.26 Å². The van der Waals surface area contributed by atoms with E-state index in [4.69, 9.17) is 0 Å². The molecular formula is C23H19IN2O2. The van der Waals surface area contributed by atoms with E-state index in [1.807, 2.05) is 73.7 Å². The van der Waals surface area contributed by atoms with Gasteiger partial charge in [-0.25, -0.2) is 0 Å². The second kappa shape index (κ2) is 9.32. The van der Waals surface area contributed by atoms with Gasteiger partial charge in [-0.2, -0.15) is 0 Å². The van der Waals surface area contributed by atoms with Crippen molar-refractivity contribution >= 4 is 46.2 Å². The number of hydrogen-bond acceptors (Lipinski definition) is 2. The second-order valence-corrected chi connectivity index (χ2v) is 7.39. The smallest absolute Gasteiger partial charge is 0.272 e. The summed E-state index contributed by atoms with van der Waals surface area (Å²) < 4.78 is 0.816. The predicted octanol–water partition coefficient (Wildman–Crippen LogP) is 5.01. The van der Waals surface area contributed by atoms with Crippen molar-refractivity contribution in [2.75, 3.05) is 5.32 Å². The second-order valence-electron chi connectivity index (χ2n) is 6.23. The lowest BCUT2D eigenvalue weighted by Crippen LogP contribution is -2.31. The third kappa shape index (κ3) is 5.29. The molecule has 3 aromatic rings. The molecular weight excluding hydrogens is 463 g/mol. The molecule has 140 valence electrons. The SMILES string of the molecule is Cc1cccc(NC(=O)C(=Cc2ccccc2)NC(=O)c2ccccc2I)c1. The molecule has 0 heterocycles. The van der Waals surface area contributed by atoms with Crippen molar-refractivity contribution in [3.63, 3.8) is 0 Å². The molecule has 2 amide bonds. The third-order valence-electron chi connectivity index (χ3n) is 4.00. The van der Waals surface area contributed by atoms with Crippen LogP contribution in [-0.2, 0) is 4.79 Å². The van der Waals surface area contributed by atoms with Crippen LogP contribution in [0, 0.1) is 10.5 Å². The number of rotatable bonds is 5. The standard InChI is InChI=1S/C23H19IN2O2/c1-16-8-7-11-18(14-16)25-23(28)21(15-17-9-3-2-4-10-17)26-22(27)19-12-5-6-13-20(19)24/h2-15H,1H3,(H,25,28)(H,26,27). The Morgan fingerprint density at radius 1 is 0.893 bits per heavy atom. The molecule has 0 saturated carbocycles. The highest BCUT2D eigenvalue weighted by Gasteiger charge is 2.16. The Bertz CT molecular complexity index is 1030. The van der Waals surface area contributed by atoms with Crippen LogP contribution in [0.2, 0.25) is 0 Å². The van der Waals surface area contributed by atoms with Gasteiger partial charge in [0.1, 0.15) is 5.70 Å². The molecule has 0 aliphatic carbocycles. The van der Waals surface area contributed by atoms with Crippen LogP contribution in [0.5, 0.6) is 0 Å². The molecule has 3 aromatic carbocycles. The topological polar surface area (TPSA) is 58.2 Å². The molecule has 0 unspecified atom stereocenters. The lowest BCUT2D eigenvalue weighted by atomic mass is 10.1. The summed E-state index contributed by atoms with van der Waals surface area (Å²) in [5.41, 5.74) is 3.23. The average molecular weight is 482 g/mol. The number of halogens is 1. The highest BCUT2D eigenvalue weighted by molar-refractivity contribution is 14.1. The van der Waals surface area contributed by atoms with Crippen LogP contribution in [0.3, 0.4) is 0 Å². The highest BCUT2D eigenvalue weighted by atomic mass is 127. The summed E-state index contributed by atoms with van der Waals surface area (Å²) in [5.74, 6) is -0.708. The fourth-order valence-electron chi connectivity index (χ4n) is 2.63. The lowest BCUT2D eigenvalue weighted by Gasteiger charge is -2.12. The zero-order valence-corrected chi connectivity index (χ0v) is 17.4. The minimum atomic E-state index is -0.381. The molecule has 0 radical (unpaired) electrons. The molecule has 0 aliphatic heterocycles. The van der Waals surface area contributed by atoms with Crippen molar-refractivity contribution in [2.24, 2.45) is 0 Å². The molecule has 0 saturated heterocycles. The van der Waals surface area contributed by atoms with E-state index in [1.165, 1.54) is 0 Å². The number of carbonyl (C=O) groups excluding carboxylic acids is 2. The number of nitrogens with one attached hydrogen (secondary N) is 2. The summed E-state index contributed by atoms with van der Waals surface area (Å²) in [6.45, 7) is 1.95. The van der Waals surface area contributed by atoms with Crippen LogP contribution in [0.1, 0.15) is 21.5 Å². The Labute approximate surface area is 177 Å². The van der Waals surface area contributed by atoms with E-state index in [0.29, 0.717) is 11.3 Å². The van der Waals surface area contributed by atoms with E-state index < -0.39 is 0 Å². The van der Waals surface area contributed by atoms with Crippen LogP contribution in [-0.4, -0.2) is 11.8 Å². The number of amides is 2. The van der Waals surface area contributed by atoms with Crippen LogP contribution >= 0.6 is 22.6 Å². The van der Waals surface area contributed by atoms with Crippen molar-refractivity contribution in [1.82, 2.24) is 5.32 Å². The third-order valence-corrected chi connectivity index (χ3v) is 4.94. The van der Waals surface area contributed by atoms with Gasteiger partial charge in [-0.3, -0.25) is 9.59 Å². The molecule has 5 heteroatoms. The van der Waals surface area contributed by atoms with Gasteiger partial charge in [-0.1, -0.05) is 54.6 Å². The van der Waals surface area contributed by atoms with Gasteiger partial charge in [0.05, 0.1) is 5.56 Å². The summed E-state index contributed by atoms with van der Waals surface area (Å²) in [5, 5.41) is 5.61. The average Bonchev–Trinajstić information content (AvgIpc) is 2.68. The first-order valence-electron chi connectivity index (χ1n) is 8.73. The number of benzene rings is 3. The van der Waals surface area contributed by atoms with Gasteiger partial charge in [-0.05, 0) is 71.0 Å². The molecule has 0 aliphatic rings. The number of carbonyl (C=O) groups is 2. The minimum Gasteiger partial charge on any atom is -0.321 e. The fourth-order valence-corrected chi connectivity index (χ4v) is 3.26. The molecule has 0 bridgehead atoms. The Balaban J connectivity index is 1.89. The Kier molecular flexibility index (Phi) is 6.60. The van der Waals surface area contributed by atoms with Gasteiger partial charge in [0.15, 0.2) is 0 Å². The molecule has 0 spiro atoms. The Morgan fingerprint density at radius 3 is 2.32 bits per heavy atom. The van der Waals surface area contributed by atoms with Gasteiger partial charge >= 0.3 is 0 Å². The van der Waals surface area contributed by atoms with E-state index in [1.54, 1.807) is 18.2 Å². The first-order valence-corrected chi connectivity index (χ1v) is 9.81. The normalized spacial score (nSPS) is 11.0. The Morgan fingerprint density at radius 2 is 1.61 bits per heavy atom. The van der Waals surface area contributed by atoms with Crippen LogP contribution < -0.4 is 10.6 Å². The Hall–Kier alpha value is -2.93. The monoisotopic (exact) mass is 482 g/mol. The summed E-state index contributed by atoms with van der Waals surface area (Å²) in [7, 11) is 0. The van der Waals surface area contributed by atoms with Gasteiger partial charge < -0.3 is 10.6 Å². The molecule has 3 rings (SSSR count). The molecule has 0 atom stereocenters. The number of aryl methyl sites for hydroxylation is 1. The molecule has 0 aromatic heterocycles. The maximum absolute atomic E-state index is 12.9. The maximum atomic E-state index is 12.9. The molecule has 0 fully saturated rings. The van der Waals surface area contributed by atoms with Gasteiger partial charge in [0.25, 0.3) is 11.8 Å². The molecule has 2 N–H and O–H groups in total. The number of anilines is 1. The van der Waals surface area contributed by atoms with Gasteiger partial charge in [0.2, 0.25) is 0 Å². The first-order chi connectivity index (χ1) is 13.5. The molecule has 4 nitrogen and oxygen atoms in total. The summed E-state index contributed by atoms with van der Waals surface area (Å²) in [6, 6.07) is 24.2. The minimum absolute atomic E-state index is 0.178. The van der Waals surface area contributed by atoms with E-state index in [-0.39, 0.29) is 17.5 Å². The quantitative estimate of drug-likeness (QED) is 0.397. The largest absolute Gasteiger partial charge is 0.321 e. The maximum Gasteiger partial charge on any atom is 0.272 e. The highest BCUT2D eigenvalue weighted by Crippen LogP contribution is 2.15. The van der Waals surface area contributed by atoms with E-state index in [2.05, 4.69) is 33.2 Å². The van der Waals surface area contributed by atoms with Crippen molar-refractivity contribution in [1.29, 1.82) is 0 Å². The van der Waals surface area contributed by atoms with Crippen molar-refractivity contribution in [3.8, 4) is 0 Å². The van der Waals surface area contributed by atoms with Crippen LogP contribution in [0.4, 0.5) is 5.69 Å². The fraction of sp³-hybridized carbons (Fsp3) is 0.0435.